The maximum Gasteiger partial charge on any atom is 0.417 e. The van der Waals surface area contributed by atoms with Crippen molar-refractivity contribution in [3.05, 3.63) is 31.9 Å². The molecule has 0 aliphatic heterocycles. The molecule has 0 spiro atoms. The van der Waals surface area contributed by atoms with Crippen LogP contribution in [0.25, 0.3) is 10.8 Å². The van der Waals surface area contributed by atoms with Gasteiger partial charge in [0.1, 0.15) is 0 Å². The van der Waals surface area contributed by atoms with E-state index in [0.717, 1.165) is 5.39 Å². The molecular weight excluding hydrogens is 301 g/mol. The fourth-order valence-electron chi connectivity index (χ4n) is 1.82. The van der Waals surface area contributed by atoms with Crippen LogP contribution in [-0.2, 0) is 6.18 Å². The summed E-state index contributed by atoms with van der Waals surface area (Å²) >= 11 is 4.48. The van der Waals surface area contributed by atoms with Gasteiger partial charge in [0.05, 0.1) is 5.56 Å². The monoisotopic (exact) mass is 308 g/mol. The van der Waals surface area contributed by atoms with Crippen LogP contribution in [0.5, 0.6) is 0 Å². The molecule has 0 aliphatic rings. The molecular formula is C11H8BrF3S. The number of rotatable bonds is 0. The van der Waals surface area contributed by atoms with Gasteiger partial charge < -0.3 is 0 Å². The van der Waals surface area contributed by atoms with E-state index in [0.29, 0.717) is 16.5 Å². The Hall–Kier alpha value is -0.550. The summed E-state index contributed by atoms with van der Waals surface area (Å²) < 4.78 is 38.8. The number of fused-ring (bicyclic) bond motifs is 1. The van der Waals surface area contributed by atoms with E-state index in [4.69, 9.17) is 0 Å². The van der Waals surface area contributed by atoms with Gasteiger partial charge in [-0.1, -0.05) is 0 Å². The van der Waals surface area contributed by atoms with Crippen LogP contribution >= 0.6 is 27.3 Å². The largest absolute Gasteiger partial charge is 0.417 e. The number of benzene rings is 1. The van der Waals surface area contributed by atoms with Crippen LogP contribution in [0, 0.1) is 13.8 Å². The minimum Gasteiger partial charge on any atom is -0.166 e. The Morgan fingerprint density at radius 3 is 2.06 bits per heavy atom. The van der Waals surface area contributed by atoms with Gasteiger partial charge in [-0.25, -0.2) is 0 Å². The van der Waals surface area contributed by atoms with E-state index in [1.807, 2.05) is 5.38 Å². The third-order valence-corrected chi connectivity index (χ3v) is 4.41. The molecule has 1 aromatic carbocycles. The molecule has 0 atom stereocenters. The highest BCUT2D eigenvalue weighted by Gasteiger charge is 2.36. The van der Waals surface area contributed by atoms with Crippen molar-refractivity contribution in [3.8, 4) is 0 Å². The smallest absolute Gasteiger partial charge is 0.166 e. The lowest BCUT2D eigenvalue weighted by molar-refractivity contribution is -0.138. The van der Waals surface area contributed by atoms with Crippen molar-refractivity contribution in [3.63, 3.8) is 0 Å². The second-order valence-electron chi connectivity index (χ2n) is 3.64. The van der Waals surface area contributed by atoms with Crippen LogP contribution in [-0.4, -0.2) is 0 Å². The molecule has 0 fully saturated rings. The second-order valence-corrected chi connectivity index (χ2v) is 5.17. The zero-order chi connectivity index (χ0) is 12.1. The third-order valence-electron chi connectivity index (χ3n) is 2.68. The lowest BCUT2D eigenvalue weighted by Crippen LogP contribution is -2.09. The standard InChI is InChI=1S/C11H8BrF3S/c1-5-7-3-16-4-8(7)6(2)10(12)9(5)11(13,14)15/h3-4H,1-2H3. The van der Waals surface area contributed by atoms with Crippen molar-refractivity contribution >= 4 is 38.0 Å². The number of hydrogen-bond donors (Lipinski definition) is 0. The molecule has 2 aromatic rings. The molecule has 0 N–H and O–H groups in total. The molecule has 0 radical (unpaired) electrons. The lowest BCUT2D eigenvalue weighted by Gasteiger charge is -2.15. The van der Waals surface area contributed by atoms with E-state index < -0.39 is 11.7 Å². The highest BCUT2D eigenvalue weighted by Crippen LogP contribution is 2.43. The first kappa shape index (κ1) is 11.9. The number of thiophene rings is 1. The summed E-state index contributed by atoms with van der Waals surface area (Å²) in [5.41, 5.74) is 0.381. The molecule has 86 valence electrons. The Bertz CT molecular complexity index is 554. The van der Waals surface area contributed by atoms with Gasteiger partial charge in [0.2, 0.25) is 0 Å². The van der Waals surface area contributed by atoms with Gasteiger partial charge in [0.25, 0.3) is 0 Å². The Balaban J connectivity index is 2.94. The summed E-state index contributed by atoms with van der Waals surface area (Å²) in [5, 5.41) is 5.22. The average molecular weight is 309 g/mol. The molecule has 1 aromatic heterocycles. The predicted molar refractivity (Wildman–Crippen MR) is 64.0 cm³/mol. The van der Waals surface area contributed by atoms with E-state index in [2.05, 4.69) is 15.9 Å². The van der Waals surface area contributed by atoms with Crippen LogP contribution in [0.2, 0.25) is 0 Å². The van der Waals surface area contributed by atoms with Crippen molar-refractivity contribution in [1.29, 1.82) is 0 Å². The Morgan fingerprint density at radius 2 is 1.56 bits per heavy atom. The zero-order valence-electron chi connectivity index (χ0n) is 8.57. The van der Waals surface area contributed by atoms with Crippen molar-refractivity contribution < 1.29 is 13.2 Å². The van der Waals surface area contributed by atoms with Gasteiger partial charge in [0.15, 0.2) is 0 Å². The van der Waals surface area contributed by atoms with Crippen LogP contribution in [0.1, 0.15) is 16.7 Å². The van der Waals surface area contributed by atoms with Gasteiger partial charge in [-0.15, -0.1) is 0 Å². The van der Waals surface area contributed by atoms with Gasteiger partial charge in [-0.3, -0.25) is 0 Å². The molecule has 0 saturated carbocycles. The molecule has 0 unspecified atom stereocenters. The molecule has 0 saturated heterocycles. The Morgan fingerprint density at radius 1 is 1.06 bits per heavy atom. The quantitative estimate of drug-likeness (QED) is 0.619. The molecule has 0 aliphatic carbocycles. The molecule has 16 heavy (non-hydrogen) atoms. The maximum absolute atomic E-state index is 12.9. The molecule has 2 rings (SSSR count). The number of halogens is 4. The van der Waals surface area contributed by atoms with Gasteiger partial charge in [0, 0.05) is 4.47 Å². The van der Waals surface area contributed by atoms with Crippen LogP contribution in [0.3, 0.4) is 0 Å². The van der Waals surface area contributed by atoms with Gasteiger partial charge in [-0.2, -0.15) is 24.5 Å². The third kappa shape index (κ3) is 1.66. The van der Waals surface area contributed by atoms with Crippen LogP contribution < -0.4 is 0 Å². The van der Waals surface area contributed by atoms with Gasteiger partial charge >= 0.3 is 6.18 Å². The first-order valence-corrected chi connectivity index (χ1v) is 6.29. The van der Waals surface area contributed by atoms with Crippen molar-refractivity contribution in [2.75, 3.05) is 0 Å². The topological polar surface area (TPSA) is 0 Å². The van der Waals surface area contributed by atoms with Crippen molar-refractivity contribution in [1.82, 2.24) is 0 Å². The Kier molecular flexibility index (Phi) is 2.78. The van der Waals surface area contributed by atoms with Crippen LogP contribution in [0.15, 0.2) is 15.2 Å². The van der Waals surface area contributed by atoms with E-state index in [1.54, 1.807) is 12.3 Å². The van der Waals surface area contributed by atoms with E-state index in [-0.39, 0.29) is 4.47 Å². The maximum atomic E-state index is 12.9. The summed E-state index contributed by atoms with van der Waals surface area (Å²) in [7, 11) is 0. The average Bonchev–Trinajstić information content (AvgIpc) is 2.61. The first-order chi connectivity index (χ1) is 7.34. The SMILES string of the molecule is Cc1c(Br)c(C(F)(F)F)c(C)c2cscc12. The van der Waals surface area contributed by atoms with E-state index in [1.165, 1.54) is 18.3 Å². The van der Waals surface area contributed by atoms with Crippen LogP contribution in [0.4, 0.5) is 13.2 Å². The molecule has 0 amide bonds. The molecule has 0 nitrogen and oxygen atoms in total. The number of alkyl halides is 3. The molecule has 5 heteroatoms. The summed E-state index contributed by atoms with van der Waals surface area (Å²) in [6, 6.07) is 0. The molecule has 0 bridgehead atoms. The number of aryl methyl sites for hydroxylation is 2. The Labute approximate surface area is 103 Å². The molecule has 1 heterocycles. The van der Waals surface area contributed by atoms with Gasteiger partial charge in [-0.05, 0) is 62.4 Å². The van der Waals surface area contributed by atoms with E-state index >= 15 is 0 Å². The minimum absolute atomic E-state index is 0.156. The van der Waals surface area contributed by atoms with Crippen molar-refractivity contribution in [2.45, 2.75) is 20.0 Å². The zero-order valence-corrected chi connectivity index (χ0v) is 11.0. The number of hydrogen-bond acceptors (Lipinski definition) is 1. The minimum atomic E-state index is -4.32. The second kappa shape index (κ2) is 3.74. The summed E-state index contributed by atoms with van der Waals surface area (Å²) in [6.07, 6.45) is -4.32. The summed E-state index contributed by atoms with van der Waals surface area (Å²) in [5.74, 6) is 0. The summed E-state index contributed by atoms with van der Waals surface area (Å²) in [6.45, 7) is 3.22. The highest BCUT2D eigenvalue weighted by molar-refractivity contribution is 9.10. The van der Waals surface area contributed by atoms with E-state index in [9.17, 15) is 13.2 Å². The summed E-state index contributed by atoms with van der Waals surface area (Å²) in [4.78, 5) is 0. The highest BCUT2D eigenvalue weighted by atomic mass is 79.9. The fourth-order valence-corrected chi connectivity index (χ4v) is 3.50. The fraction of sp³-hybridized carbons (Fsp3) is 0.273. The first-order valence-electron chi connectivity index (χ1n) is 4.55. The lowest BCUT2D eigenvalue weighted by atomic mass is 9.99. The van der Waals surface area contributed by atoms with Crippen molar-refractivity contribution in [2.24, 2.45) is 0 Å². The normalized spacial score (nSPS) is 12.4. The predicted octanol–water partition coefficient (Wildman–Crippen LogP) is 5.30.